The molecule has 2 atom stereocenters. The van der Waals surface area contributed by atoms with E-state index in [1.54, 1.807) is 0 Å². The lowest BCUT2D eigenvalue weighted by Crippen LogP contribution is -2.14. The van der Waals surface area contributed by atoms with Crippen molar-refractivity contribution in [3.63, 3.8) is 0 Å². The van der Waals surface area contributed by atoms with Crippen LogP contribution in [0.3, 0.4) is 0 Å². The lowest BCUT2D eigenvalue weighted by molar-refractivity contribution is 0.157. The van der Waals surface area contributed by atoms with E-state index < -0.39 is 0 Å². The van der Waals surface area contributed by atoms with Gasteiger partial charge in [0.25, 0.3) is 0 Å². The monoisotopic (exact) mass is 210 g/mol. The third-order valence-electron chi connectivity index (χ3n) is 2.45. The molecule has 0 heterocycles. The lowest BCUT2D eigenvalue weighted by Gasteiger charge is -2.14. The molecule has 0 aliphatic heterocycles. The van der Waals surface area contributed by atoms with E-state index in [-0.39, 0.29) is 6.10 Å². The van der Waals surface area contributed by atoms with E-state index in [0.717, 1.165) is 12.8 Å². The number of hydrogen-bond donors (Lipinski definition) is 1. The molecule has 0 aliphatic rings. The molecule has 0 amide bonds. The molecule has 0 spiro atoms. The molecule has 1 N–H and O–H groups in total. The maximum atomic E-state index is 9.82. The van der Waals surface area contributed by atoms with Gasteiger partial charge in [-0.2, -0.15) is 0 Å². The quantitative estimate of drug-likeness (QED) is 0.658. The second kappa shape index (κ2) is 7.70. The minimum Gasteiger partial charge on any atom is -0.389 e. The first-order chi connectivity index (χ1) is 6.93. The van der Waals surface area contributed by atoms with Crippen molar-refractivity contribution in [2.75, 3.05) is 0 Å². The highest BCUT2D eigenvalue weighted by Gasteiger charge is 2.09. The maximum Gasteiger partial charge on any atom is 0.0746 e. The van der Waals surface area contributed by atoms with Crippen LogP contribution in [0.15, 0.2) is 23.8 Å². The van der Waals surface area contributed by atoms with E-state index in [1.807, 2.05) is 6.08 Å². The van der Waals surface area contributed by atoms with Crippen LogP contribution in [0.5, 0.6) is 0 Å². The van der Waals surface area contributed by atoms with Crippen LogP contribution in [0, 0.1) is 11.8 Å². The molecular formula is C14H26O. The Morgan fingerprint density at radius 2 is 1.73 bits per heavy atom. The van der Waals surface area contributed by atoms with Gasteiger partial charge < -0.3 is 5.11 Å². The summed E-state index contributed by atoms with van der Waals surface area (Å²) in [5, 5.41) is 9.82. The number of rotatable bonds is 6. The molecule has 1 heteroatoms. The molecular weight excluding hydrogens is 184 g/mol. The van der Waals surface area contributed by atoms with E-state index in [2.05, 4.69) is 46.8 Å². The van der Waals surface area contributed by atoms with Crippen molar-refractivity contribution in [1.82, 2.24) is 0 Å². The summed E-state index contributed by atoms with van der Waals surface area (Å²) in [7, 11) is 0. The van der Waals surface area contributed by atoms with Gasteiger partial charge >= 0.3 is 0 Å². The summed E-state index contributed by atoms with van der Waals surface area (Å²) >= 11 is 0. The van der Waals surface area contributed by atoms with Crippen molar-refractivity contribution in [3.8, 4) is 0 Å². The number of aliphatic hydroxyl groups excluding tert-OH is 1. The highest BCUT2D eigenvalue weighted by Crippen LogP contribution is 2.14. The molecule has 1 unspecified atom stereocenters. The number of allylic oxidation sites excluding steroid dienone is 3. The average Bonchev–Trinajstić information content (AvgIpc) is 2.13. The standard InChI is InChI=1S/C14H26O/c1-11(2)7-6-8-13(5)14(15)10-9-12(3)4/h7,9-10,12-15H,6,8H2,1-5H3/b10-9+/t13?,14-/m1/s1. The zero-order valence-corrected chi connectivity index (χ0v) is 10.8. The van der Waals surface area contributed by atoms with Gasteiger partial charge in [0.2, 0.25) is 0 Å². The summed E-state index contributed by atoms with van der Waals surface area (Å²) in [6.45, 7) is 10.6. The van der Waals surface area contributed by atoms with Crippen LogP contribution in [0.2, 0.25) is 0 Å². The zero-order chi connectivity index (χ0) is 11.8. The Morgan fingerprint density at radius 1 is 1.13 bits per heavy atom. The van der Waals surface area contributed by atoms with Crippen LogP contribution < -0.4 is 0 Å². The van der Waals surface area contributed by atoms with Crippen molar-refractivity contribution in [2.24, 2.45) is 11.8 Å². The van der Waals surface area contributed by atoms with Crippen LogP contribution in [-0.2, 0) is 0 Å². The minimum absolute atomic E-state index is 0.294. The molecule has 1 nitrogen and oxygen atoms in total. The first kappa shape index (κ1) is 14.4. The molecule has 15 heavy (non-hydrogen) atoms. The van der Waals surface area contributed by atoms with Gasteiger partial charge in [0.15, 0.2) is 0 Å². The van der Waals surface area contributed by atoms with E-state index in [4.69, 9.17) is 0 Å². The summed E-state index contributed by atoms with van der Waals surface area (Å²) in [6, 6.07) is 0. The second-order valence-corrected chi connectivity index (χ2v) is 4.96. The molecule has 0 aliphatic carbocycles. The zero-order valence-electron chi connectivity index (χ0n) is 10.8. The molecule has 0 saturated heterocycles. The van der Waals surface area contributed by atoms with Gasteiger partial charge in [0.05, 0.1) is 6.10 Å². The van der Waals surface area contributed by atoms with Gasteiger partial charge in [-0.1, -0.05) is 44.6 Å². The predicted molar refractivity (Wildman–Crippen MR) is 67.8 cm³/mol. The Labute approximate surface area is 94.9 Å². The topological polar surface area (TPSA) is 20.2 Å². The van der Waals surface area contributed by atoms with Gasteiger partial charge in [0.1, 0.15) is 0 Å². The van der Waals surface area contributed by atoms with Gasteiger partial charge in [-0.05, 0) is 38.5 Å². The third kappa shape index (κ3) is 8.44. The number of aliphatic hydroxyl groups is 1. The van der Waals surface area contributed by atoms with E-state index in [0.29, 0.717) is 11.8 Å². The molecule has 0 radical (unpaired) electrons. The maximum absolute atomic E-state index is 9.82. The summed E-state index contributed by atoms with van der Waals surface area (Å²) in [5.41, 5.74) is 1.36. The van der Waals surface area contributed by atoms with Gasteiger partial charge in [-0.25, -0.2) is 0 Å². The highest BCUT2D eigenvalue weighted by atomic mass is 16.3. The second-order valence-electron chi connectivity index (χ2n) is 4.96. The number of hydrogen-bond acceptors (Lipinski definition) is 1. The first-order valence-corrected chi connectivity index (χ1v) is 5.93. The fraction of sp³-hybridized carbons (Fsp3) is 0.714. The molecule has 0 bridgehead atoms. The Hall–Kier alpha value is -0.560. The molecule has 0 rings (SSSR count). The van der Waals surface area contributed by atoms with Crippen molar-refractivity contribution in [1.29, 1.82) is 0 Å². The van der Waals surface area contributed by atoms with E-state index in [1.165, 1.54) is 5.57 Å². The molecule has 0 fully saturated rings. The summed E-state index contributed by atoms with van der Waals surface area (Å²) in [6.07, 6.45) is 8.05. The summed E-state index contributed by atoms with van der Waals surface area (Å²) in [5.74, 6) is 0.861. The van der Waals surface area contributed by atoms with Crippen molar-refractivity contribution >= 4 is 0 Å². The smallest absolute Gasteiger partial charge is 0.0746 e. The predicted octanol–water partition coefficient (Wildman–Crippen LogP) is 3.94. The highest BCUT2D eigenvalue weighted by molar-refractivity contribution is 4.95. The average molecular weight is 210 g/mol. The van der Waals surface area contributed by atoms with Crippen LogP contribution in [0.1, 0.15) is 47.5 Å². The molecule has 0 aromatic heterocycles. The van der Waals surface area contributed by atoms with Gasteiger partial charge in [0, 0.05) is 0 Å². The fourth-order valence-electron chi connectivity index (χ4n) is 1.33. The van der Waals surface area contributed by atoms with E-state index >= 15 is 0 Å². The molecule has 88 valence electrons. The van der Waals surface area contributed by atoms with Crippen LogP contribution >= 0.6 is 0 Å². The Kier molecular flexibility index (Phi) is 7.41. The lowest BCUT2D eigenvalue weighted by atomic mass is 9.97. The van der Waals surface area contributed by atoms with E-state index in [9.17, 15) is 5.11 Å². The van der Waals surface area contributed by atoms with Gasteiger partial charge in [-0.15, -0.1) is 0 Å². The van der Waals surface area contributed by atoms with Crippen molar-refractivity contribution in [3.05, 3.63) is 23.8 Å². The molecule has 0 aromatic rings. The van der Waals surface area contributed by atoms with Crippen LogP contribution in [-0.4, -0.2) is 11.2 Å². The largest absolute Gasteiger partial charge is 0.389 e. The Bertz CT molecular complexity index is 209. The normalized spacial score (nSPS) is 15.7. The van der Waals surface area contributed by atoms with Crippen LogP contribution in [0.25, 0.3) is 0 Å². The Morgan fingerprint density at radius 3 is 2.20 bits per heavy atom. The van der Waals surface area contributed by atoms with Crippen LogP contribution in [0.4, 0.5) is 0 Å². The SMILES string of the molecule is CC(C)=CCCC(C)[C@H](O)/C=C/C(C)C. The van der Waals surface area contributed by atoms with Crippen molar-refractivity contribution in [2.45, 2.75) is 53.6 Å². The molecule has 0 aromatic carbocycles. The summed E-state index contributed by atoms with van der Waals surface area (Å²) in [4.78, 5) is 0. The summed E-state index contributed by atoms with van der Waals surface area (Å²) < 4.78 is 0. The minimum atomic E-state index is -0.294. The fourth-order valence-corrected chi connectivity index (χ4v) is 1.33. The molecule has 0 saturated carbocycles. The first-order valence-electron chi connectivity index (χ1n) is 5.93. The Balaban J connectivity index is 3.88. The third-order valence-corrected chi connectivity index (χ3v) is 2.45. The van der Waals surface area contributed by atoms with Gasteiger partial charge in [-0.3, -0.25) is 0 Å². The van der Waals surface area contributed by atoms with Crippen molar-refractivity contribution < 1.29 is 5.11 Å².